The smallest absolute Gasteiger partial charge is 0.307 e. The van der Waals surface area contributed by atoms with Crippen LogP contribution in [0.3, 0.4) is 0 Å². The van der Waals surface area contributed by atoms with Crippen LogP contribution in [-0.4, -0.2) is 23.5 Å². The van der Waals surface area contributed by atoms with Gasteiger partial charge in [-0.2, -0.15) is 0 Å². The highest BCUT2D eigenvalue weighted by atomic mass is 16.4. The number of benzene rings is 1. The predicted molar refractivity (Wildman–Crippen MR) is 80.9 cm³/mol. The molecule has 0 aromatic heterocycles. The summed E-state index contributed by atoms with van der Waals surface area (Å²) in [7, 11) is 0. The fourth-order valence-corrected chi connectivity index (χ4v) is 3.14. The molecule has 1 saturated carbocycles. The maximum Gasteiger partial charge on any atom is 0.307 e. The van der Waals surface area contributed by atoms with E-state index >= 15 is 0 Å². The molecule has 0 spiro atoms. The summed E-state index contributed by atoms with van der Waals surface area (Å²) in [5.74, 6) is -1.37. The van der Waals surface area contributed by atoms with Gasteiger partial charge in [-0.3, -0.25) is 9.59 Å². The number of hydrogen-bond donors (Lipinski definition) is 2. The number of rotatable bonds is 5. The molecule has 4 nitrogen and oxygen atoms in total. The van der Waals surface area contributed by atoms with E-state index in [1.54, 1.807) is 0 Å². The van der Waals surface area contributed by atoms with Gasteiger partial charge < -0.3 is 10.4 Å². The van der Waals surface area contributed by atoms with Crippen molar-refractivity contribution in [1.82, 2.24) is 5.32 Å². The van der Waals surface area contributed by atoms with Crippen LogP contribution in [0.2, 0.25) is 0 Å². The number of aliphatic carboxylic acids is 1. The van der Waals surface area contributed by atoms with Gasteiger partial charge in [-0.25, -0.2) is 0 Å². The molecule has 1 amide bonds. The Bertz CT molecular complexity index is 500. The largest absolute Gasteiger partial charge is 0.481 e. The summed E-state index contributed by atoms with van der Waals surface area (Å²) in [4.78, 5) is 23.5. The van der Waals surface area contributed by atoms with Crippen molar-refractivity contribution < 1.29 is 14.7 Å². The highest BCUT2D eigenvalue weighted by Crippen LogP contribution is 2.36. The van der Waals surface area contributed by atoms with Crippen molar-refractivity contribution in [1.29, 1.82) is 0 Å². The van der Waals surface area contributed by atoms with Crippen LogP contribution in [0.4, 0.5) is 0 Å². The van der Waals surface area contributed by atoms with E-state index in [1.165, 1.54) is 5.56 Å². The zero-order chi connectivity index (χ0) is 15.4. The van der Waals surface area contributed by atoms with Crippen LogP contribution in [0.25, 0.3) is 0 Å². The third kappa shape index (κ3) is 3.84. The molecule has 2 rings (SSSR count). The lowest BCUT2D eigenvalue weighted by molar-refractivity contribution is -0.146. The number of carboxylic acids is 1. The van der Waals surface area contributed by atoms with Gasteiger partial charge in [-0.05, 0) is 30.2 Å². The maximum absolute atomic E-state index is 12.3. The van der Waals surface area contributed by atoms with E-state index in [-0.39, 0.29) is 17.7 Å². The first kappa shape index (κ1) is 15.5. The van der Waals surface area contributed by atoms with E-state index < -0.39 is 11.9 Å². The van der Waals surface area contributed by atoms with Gasteiger partial charge in [0.25, 0.3) is 0 Å². The van der Waals surface area contributed by atoms with E-state index in [2.05, 4.69) is 12.2 Å². The molecule has 0 radical (unpaired) electrons. The molecule has 4 heteroatoms. The van der Waals surface area contributed by atoms with Gasteiger partial charge in [0.1, 0.15) is 0 Å². The molecule has 4 unspecified atom stereocenters. The van der Waals surface area contributed by atoms with Gasteiger partial charge in [0.2, 0.25) is 5.91 Å². The molecule has 1 aromatic carbocycles. The minimum atomic E-state index is -0.851. The van der Waals surface area contributed by atoms with Gasteiger partial charge in [0.05, 0.1) is 11.8 Å². The number of nitrogens with one attached hydrogen (secondary N) is 1. The zero-order valence-corrected chi connectivity index (χ0v) is 12.6. The Morgan fingerprint density at radius 1 is 1.24 bits per heavy atom. The SMILES string of the molecule is CC1CC(C(=O)O)C(C(=O)NCC(C)c2ccccc2)C1. The van der Waals surface area contributed by atoms with Gasteiger partial charge in [-0.1, -0.05) is 44.2 Å². The number of carboxylic acid groups (broad SMARTS) is 1. The molecular formula is C17H23NO3. The van der Waals surface area contributed by atoms with Crippen LogP contribution < -0.4 is 5.32 Å². The van der Waals surface area contributed by atoms with Gasteiger partial charge in [0.15, 0.2) is 0 Å². The Kier molecular flexibility index (Phi) is 4.99. The van der Waals surface area contributed by atoms with E-state index in [9.17, 15) is 14.7 Å². The fourth-order valence-electron chi connectivity index (χ4n) is 3.14. The molecule has 4 atom stereocenters. The van der Waals surface area contributed by atoms with E-state index in [4.69, 9.17) is 0 Å². The standard InChI is InChI=1S/C17H23NO3/c1-11-8-14(15(9-11)17(20)21)16(19)18-10-12(2)13-6-4-3-5-7-13/h3-7,11-12,14-15H,8-10H2,1-2H3,(H,18,19)(H,20,21). The lowest BCUT2D eigenvalue weighted by atomic mass is 9.94. The summed E-state index contributed by atoms with van der Waals surface area (Å²) in [5, 5.41) is 12.2. The van der Waals surface area contributed by atoms with E-state index in [0.29, 0.717) is 25.3 Å². The van der Waals surface area contributed by atoms with Crippen molar-refractivity contribution >= 4 is 11.9 Å². The third-order valence-corrected chi connectivity index (χ3v) is 4.40. The summed E-state index contributed by atoms with van der Waals surface area (Å²) in [6.07, 6.45) is 1.27. The van der Waals surface area contributed by atoms with Crippen LogP contribution in [0.15, 0.2) is 30.3 Å². The highest BCUT2D eigenvalue weighted by Gasteiger charge is 2.41. The summed E-state index contributed by atoms with van der Waals surface area (Å²) in [5.41, 5.74) is 1.17. The second kappa shape index (κ2) is 6.74. The average molecular weight is 289 g/mol. The van der Waals surface area contributed by atoms with Crippen LogP contribution >= 0.6 is 0 Å². The lowest BCUT2D eigenvalue weighted by Gasteiger charge is -2.18. The minimum absolute atomic E-state index is 0.116. The Hall–Kier alpha value is -1.84. The second-order valence-electron chi connectivity index (χ2n) is 6.18. The Morgan fingerprint density at radius 2 is 1.86 bits per heavy atom. The summed E-state index contributed by atoms with van der Waals surface area (Å²) < 4.78 is 0. The maximum atomic E-state index is 12.3. The van der Waals surface area contributed by atoms with Gasteiger partial charge in [0, 0.05) is 6.54 Å². The number of hydrogen-bond acceptors (Lipinski definition) is 2. The Morgan fingerprint density at radius 3 is 2.48 bits per heavy atom. The van der Waals surface area contributed by atoms with Gasteiger partial charge in [-0.15, -0.1) is 0 Å². The first-order valence-electron chi connectivity index (χ1n) is 7.54. The average Bonchev–Trinajstić information content (AvgIpc) is 2.87. The van der Waals surface area contributed by atoms with Crippen LogP contribution in [0.1, 0.15) is 38.2 Å². The molecule has 1 aliphatic carbocycles. The highest BCUT2D eigenvalue weighted by molar-refractivity contribution is 5.85. The normalized spacial score (nSPS) is 26.3. The van der Waals surface area contributed by atoms with Crippen LogP contribution in [0, 0.1) is 17.8 Å². The molecule has 1 fully saturated rings. The zero-order valence-electron chi connectivity index (χ0n) is 12.6. The molecule has 1 aliphatic rings. The molecule has 2 N–H and O–H groups in total. The topological polar surface area (TPSA) is 66.4 Å². The Labute approximate surface area is 125 Å². The predicted octanol–water partition coefficient (Wildman–Crippen LogP) is 2.65. The molecule has 21 heavy (non-hydrogen) atoms. The first-order chi connectivity index (χ1) is 9.99. The molecule has 1 aromatic rings. The molecular weight excluding hydrogens is 266 g/mol. The minimum Gasteiger partial charge on any atom is -0.481 e. The third-order valence-electron chi connectivity index (χ3n) is 4.40. The number of carbonyl (C=O) groups is 2. The monoisotopic (exact) mass is 289 g/mol. The summed E-state index contributed by atoms with van der Waals surface area (Å²) in [6.45, 7) is 4.61. The van der Waals surface area contributed by atoms with Crippen molar-refractivity contribution in [3.8, 4) is 0 Å². The summed E-state index contributed by atoms with van der Waals surface area (Å²) >= 11 is 0. The van der Waals surface area contributed by atoms with Crippen LogP contribution in [0.5, 0.6) is 0 Å². The first-order valence-corrected chi connectivity index (χ1v) is 7.54. The molecule has 0 bridgehead atoms. The van der Waals surface area contributed by atoms with Crippen molar-refractivity contribution in [3.63, 3.8) is 0 Å². The Balaban J connectivity index is 1.91. The number of amides is 1. The van der Waals surface area contributed by atoms with E-state index in [0.717, 1.165) is 0 Å². The fraction of sp³-hybridized carbons (Fsp3) is 0.529. The molecule has 0 saturated heterocycles. The van der Waals surface area contributed by atoms with E-state index in [1.807, 2.05) is 37.3 Å². The molecule has 0 aliphatic heterocycles. The quantitative estimate of drug-likeness (QED) is 0.875. The van der Waals surface area contributed by atoms with Crippen LogP contribution in [-0.2, 0) is 9.59 Å². The molecule has 0 heterocycles. The van der Waals surface area contributed by atoms with Crippen molar-refractivity contribution in [2.45, 2.75) is 32.6 Å². The van der Waals surface area contributed by atoms with Crippen molar-refractivity contribution in [3.05, 3.63) is 35.9 Å². The summed E-state index contributed by atoms with van der Waals surface area (Å²) in [6, 6.07) is 9.99. The van der Waals surface area contributed by atoms with Crippen molar-refractivity contribution in [2.24, 2.45) is 17.8 Å². The van der Waals surface area contributed by atoms with Gasteiger partial charge >= 0.3 is 5.97 Å². The second-order valence-corrected chi connectivity index (χ2v) is 6.18. The molecule has 114 valence electrons. The van der Waals surface area contributed by atoms with Crippen molar-refractivity contribution in [2.75, 3.05) is 6.54 Å². The lowest BCUT2D eigenvalue weighted by Crippen LogP contribution is -2.37. The number of carbonyl (C=O) groups excluding carboxylic acids is 1.